The number of amides is 1. The molecule has 2 aromatic rings. The highest BCUT2D eigenvalue weighted by Crippen LogP contribution is 2.24. The summed E-state index contributed by atoms with van der Waals surface area (Å²) in [7, 11) is 0. The maximum Gasteiger partial charge on any atom is 0.255 e. The van der Waals surface area contributed by atoms with Gasteiger partial charge in [-0.3, -0.25) is 9.78 Å². The second kappa shape index (κ2) is 4.18. The molecule has 4 nitrogen and oxygen atoms in total. The summed E-state index contributed by atoms with van der Waals surface area (Å²) in [4.78, 5) is 15.0. The van der Waals surface area contributed by atoms with Crippen LogP contribution >= 0.6 is 0 Å². The number of aromatic nitrogens is 1. The Balaban J connectivity index is 2.41. The van der Waals surface area contributed by atoms with Crippen LogP contribution in [0.15, 0.2) is 30.3 Å². The lowest BCUT2D eigenvalue weighted by molar-refractivity contribution is -0.119. The minimum absolute atomic E-state index is 0.118. The van der Waals surface area contributed by atoms with E-state index in [-0.39, 0.29) is 6.61 Å². The molecule has 82 valence electrons. The van der Waals surface area contributed by atoms with Crippen LogP contribution in [0.1, 0.15) is 5.69 Å². The Morgan fingerprint density at radius 1 is 1.38 bits per heavy atom. The van der Waals surface area contributed by atoms with Gasteiger partial charge >= 0.3 is 0 Å². The molecule has 0 saturated carbocycles. The molecule has 1 aromatic carbocycles. The molecule has 0 aliphatic rings. The van der Waals surface area contributed by atoms with Crippen molar-refractivity contribution < 1.29 is 9.53 Å². The third kappa shape index (κ3) is 2.11. The summed E-state index contributed by atoms with van der Waals surface area (Å²) in [6, 6.07) is 9.36. The first-order valence-electron chi connectivity index (χ1n) is 4.94. The van der Waals surface area contributed by atoms with Gasteiger partial charge in [0.25, 0.3) is 5.91 Å². The SMILES string of the molecule is Cc1ccc2c(OCC(N)=O)cccc2n1. The van der Waals surface area contributed by atoms with Crippen LogP contribution in [-0.4, -0.2) is 17.5 Å². The summed E-state index contributed by atoms with van der Waals surface area (Å²) in [5.41, 5.74) is 6.82. The number of benzene rings is 1. The zero-order valence-electron chi connectivity index (χ0n) is 8.93. The van der Waals surface area contributed by atoms with Gasteiger partial charge in [0, 0.05) is 11.1 Å². The smallest absolute Gasteiger partial charge is 0.255 e. The van der Waals surface area contributed by atoms with E-state index in [9.17, 15) is 4.79 Å². The first kappa shape index (κ1) is 10.4. The van der Waals surface area contributed by atoms with Gasteiger partial charge in [-0.25, -0.2) is 0 Å². The summed E-state index contributed by atoms with van der Waals surface area (Å²) >= 11 is 0. The van der Waals surface area contributed by atoms with E-state index in [1.165, 1.54) is 0 Å². The molecule has 4 heteroatoms. The van der Waals surface area contributed by atoms with Crippen LogP contribution in [0.2, 0.25) is 0 Å². The zero-order valence-corrected chi connectivity index (χ0v) is 8.93. The van der Waals surface area contributed by atoms with Gasteiger partial charge in [-0.15, -0.1) is 0 Å². The second-order valence-corrected chi connectivity index (χ2v) is 3.53. The lowest BCUT2D eigenvalue weighted by atomic mass is 10.2. The first-order chi connectivity index (χ1) is 7.66. The van der Waals surface area contributed by atoms with Crippen LogP contribution in [0.4, 0.5) is 0 Å². The molecule has 0 spiro atoms. The van der Waals surface area contributed by atoms with Crippen molar-refractivity contribution in [2.24, 2.45) is 5.73 Å². The van der Waals surface area contributed by atoms with Gasteiger partial charge in [0.1, 0.15) is 5.75 Å². The largest absolute Gasteiger partial charge is 0.483 e. The van der Waals surface area contributed by atoms with E-state index in [0.717, 1.165) is 16.6 Å². The number of pyridine rings is 1. The van der Waals surface area contributed by atoms with Crippen molar-refractivity contribution in [2.45, 2.75) is 6.92 Å². The third-order valence-electron chi connectivity index (χ3n) is 2.20. The maximum atomic E-state index is 10.6. The van der Waals surface area contributed by atoms with Crippen molar-refractivity contribution in [2.75, 3.05) is 6.61 Å². The zero-order chi connectivity index (χ0) is 11.5. The normalized spacial score (nSPS) is 10.3. The fourth-order valence-electron chi connectivity index (χ4n) is 1.50. The van der Waals surface area contributed by atoms with Crippen LogP contribution < -0.4 is 10.5 Å². The fraction of sp³-hybridized carbons (Fsp3) is 0.167. The highest BCUT2D eigenvalue weighted by molar-refractivity contribution is 5.85. The van der Waals surface area contributed by atoms with Crippen LogP contribution in [0.25, 0.3) is 10.9 Å². The van der Waals surface area contributed by atoms with Gasteiger partial charge in [-0.05, 0) is 31.2 Å². The van der Waals surface area contributed by atoms with Gasteiger partial charge in [0.15, 0.2) is 6.61 Å². The van der Waals surface area contributed by atoms with Gasteiger partial charge in [-0.2, -0.15) is 0 Å². The van der Waals surface area contributed by atoms with Crippen molar-refractivity contribution in [3.63, 3.8) is 0 Å². The Labute approximate surface area is 93.0 Å². The Hall–Kier alpha value is -2.10. The predicted octanol–water partition coefficient (Wildman–Crippen LogP) is 1.41. The molecule has 1 amide bonds. The Kier molecular flexibility index (Phi) is 2.72. The third-order valence-corrected chi connectivity index (χ3v) is 2.20. The van der Waals surface area contributed by atoms with Crippen LogP contribution in [0.3, 0.4) is 0 Å². The molecule has 0 bridgehead atoms. The topological polar surface area (TPSA) is 65.2 Å². The number of aryl methyl sites for hydroxylation is 1. The van der Waals surface area contributed by atoms with E-state index in [1.807, 2.05) is 31.2 Å². The molecule has 2 N–H and O–H groups in total. The number of carbonyl (C=O) groups excluding carboxylic acids is 1. The number of ether oxygens (including phenoxy) is 1. The minimum atomic E-state index is -0.489. The first-order valence-corrected chi connectivity index (χ1v) is 4.94. The van der Waals surface area contributed by atoms with Crippen LogP contribution in [-0.2, 0) is 4.79 Å². The monoisotopic (exact) mass is 216 g/mol. The van der Waals surface area contributed by atoms with E-state index in [2.05, 4.69) is 4.98 Å². The number of hydrogen-bond donors (Lipinski definition) is 1. The number of nitrogens with two attached hydrogens (primary N) is 1. The van der Waals surface area contributed by atoms with Crippen molar-refractivity contribution in [3.05, 3.63) is 36.0 Å². The Morgan fingerprint density at radius 3 is 2.94 bits per heavy atom. The van der Waals surface area contributed by atoms with E-state index in [4.69, 9.17) is 10.5 Å². The molecule has 0 atom stereocenters. The molecule has 0 aliphatic carbocycles. The summed E-state index contributed by atoms with van der Waals surface area (Å²) in [6.45, 7) is 1.81. The molecule has 16 heavy (non-hydrogen) atoms. The molecular formula is C12H12N2O2. The molecule has 2 rings (SSSR count). The number of fused-ring (bicyclic) bond motifs is 1. The van der Waals surface area contributed by atoms with E-state index < -0.39 is 5.91 Å². The molecule has 0 aliphatic heterocycles. The summed E-state index contributed by atoms with van der Waals surface area (Å²) in [5, 5.41) is 0.884. The molecule has 0 saturated heterocycles. The molecular weight excluding hydrogens is 204 g/mol. The average molecular weight is 216 g/mol. The van der Waals surface area contributed by atoms with Crippen molar-refractivity contribution >= 4 is 16.8 Å². The van der Waals surface area contributed by atoms with E-state index in [1.54, 1.807) is 6.07 Å². The predicted molar refractivity (Wildman–Crippen MR) is 61.2 cm³/mol. The maximum absolute atomic E-state index is 10.6. The standard InChI is InChI=1S/C12H12N2O2/c1-8-5-6-9-10(14-8)3-2-4-11(9)16-7-12(13)15/h2-6H,7H2,1H3,(H2,13,15). The number of primary amides is 1. The highest BCUT2D eigenvalue weighted by Gasteiger charge is 2.04. The van der Waals surface area contributed by atoms with Crippen molar-refractivity contribution in [1.82, 2.24) is 4.98 Å². The summed E-state index contributed by atoms with van der Waals surface area (Å²) in [5.74, 6) is 0.140. The lowest BCUT2D eigenvalue weighted by Gasteiger charge is -2.07. The van der Waals surface area contributed by atoms with Gasteiger partial charge < -0.3 is 10.5 Å². The average Bonchev–Trinajstić information content (AvgIpc) is 2.25. The van der Waals surface area contributed by atoms with Gasteiger partial charge in [0.05, 0.1) is 5.52 Å². The molecule has 1 heterocycles. The lowest BCUT2D eigenvalue weighted by Crippen LogP contribution is -2.20. The van der Waals surface area contributed by atoms with E-state index >= 15 is 0 Å². The van der Waals surface area contributed by atoms with Gasteiger partial charge in [0.2, 0.25) is 0 Å². The number of hydrogen-bond acceptors (Lipinski definition) is 3. The molecule has 0 radical (unpaired) electrons. The van der Waals surface area contributed by atoms with Crippen molar-refractivity contribution in [1.29, 1.82) is 0 Å². The Morgan fingerprint density at radius 2 is 2.19 bits per heavy atom. The number of rotatable bonds is 3. The molecule has 1 aromatic heterocycles. The molecule has 0 fully saturated rings. The Bertz CT molecular complexity index is 538. The molecule has 0 unspecified atom stereocenters. The van der Waals surface area contributed by atoms with Crippen LogP contribution in [0.5, 0.6) is 5.75 Å². The second-order valence-electron chi connectivity index (χ2n) is 3.53. The van der Waals surface area contributed by atoms with Crippen LogP contribution in [0, 0.1) is 6.92 Å². The van der Waals surface area contributed by atoms with Gasteiger partial charge in [-0.1, -0.05) is 6.07 Å². The summed E-state index contributed by atoms with van der Waals surface area (Å²) < 4.78 is 5.31. The highest BCUT2D eigenvalue weighted by atomic mass is 16.5. The minimum Gasteiger partial charge on any atom is -0.483 e. The van der Waals surface area contributed by atoms with Crippen molar-refractivity contribution in [3.8, 4) is 5.75 Å². The number of nitrogens with zero attached hydrogens (tertiary/aromatic N) is 1. The number of carbonyl (C=O) groups is 1. The van der Waals surface area contributed by atoms with E-state index in [0.29, 0.717) is 5.75 Å². The fourth-order valence-corrected chi connectivity index (χ4v) is 1.50. The quantitative estimate of drug-likeness (QED) is 0.843. The summed E-state index contributed by atoms with van der Waals surface area (Å²) in [6.07, 6.45) is 0.